The number of thiazole rings is 2. The summed E-state index contributed by atoms with van der Waals surface area (Å²) in [5.74, 6) is 0.596. The number of hydrogen-bond acceptors (Lipinski definition) is 16. The van der Waals surface area contributed by atoms with Crippen LogP contribution in [0.15, 0.2) is 63.1 Å². The van der Waals surface area contributed by atoms with Gasteiger partial charge in [-0.15, -0.1) is 22.7 Å². The van der Waals surface area contributed by atoms with Gasteiger partial charge in [0.05, 0.1) is 79.3 Å². The summed E-state index contributed by atoms with van der Waals surface area (Å²) in [5, 5.41) is 11.3. The van der Waals surface area contributed by atoms with Gasteiger partial charge in [-0.1, -0.05) is 41.9 Å². The van der Waals surface area contributed by atoms with Crippen molar-refractivity contribution in [3.8, 4) is 20.9 Å². The van der Waals surface area contributed by atoms with Crippen LogP contribution in [0.5, 0.6) is 0 Å². The van der Waals surface area contributed by atoms with Crippen molar-refractivity contribution in [2.45, 2.75) is 164 Å². The average Bonchev–Trinajstić information content (AvgIpc) is 4.00. The lowest BCUT2D eigenvalue weighted by molar-refractivity contribution is -0.0433. The zero-order chi connectivity index (χ0) is 53.1. The van der Waals surface area contributed by atoms with Crippen molar-refractivity contribution in [1.82, 2.24) is 30.0 Å². The molecule has 4 aliphatic rings. The molecule has 0 spiro atoms. The predicted molar refractivity (Wildman–Crippen MR) is 290 cm³/mol. The fourth-order valence-corrected chi connectivity index (χ4v) is 14.2. The molecule has 73 heavy (non-hydrogen) atoms. The number of amides is 2. The Hall–Kier alpha value is -3.78. The van der Waals surface area contributed by atoms with E-state index in [0.717, 1.165) is 90.0 Å². The number of carbonyl (C=O) groups is 2. The monoisotopic (exact) mass is 1150 g/mol. The summed E-state index contributed by atoms with van der Waals surface area (Å²) < 4.78 is 78.0. The highest BCUT2D eigenvalue weighted by molar-refractivity contribution is 9.10. The second-order valence-electron chi connectivity index (χ2n) is 20.1. The number of halogens is 1. The first-order valence-electron chi connectivity index (χ1n) is 25.0. The molecule has 18 nitrogen and oxygen atoms in total. The fourth-order valence-electron chi connectivity index (χ4n) is 8.74. The highest BCUT2D eigenvalue weighted by Gasteiger charge is 2.34. The molecule has 0 unspecified atom stereocenters. The number of benzene rings is 2. The Bertz CT molecular complexity index is 2690. The summed E-state index contributed by atoms with van der Waals surface area (Å²) in [6.07, 6.45) is 9.64. The van der Waals surface area contributed by atoms with Crippen molar-refractivity contribution in [2.75, 3.05) is 44.8 Å². The second-order valence-corrected chi connectivity index (χ2v) is 26.6. The van der Waals surface area contributed by atoms with Gasteiger partial charge >= 0.3 is 12.2 Å². The summed E-state index contributed by atoms with van der Waals surface area (Å²) in [6, 6.07) is 11.0. The van der Waals surface area contributed by atoms with Crippen molar-refractivity contribution in [1.29, 1.82) is 0 Å². The number of alkyl carbamates (subject to hydrolysis) is 2. The number of rotatable bonds is 16. The number of hydrogen-bond donors (Lipinski definition) is 6. The summed E-state index contributed by atoms with van der Waals surface area (Å²) in [5.41, 5.74) is 7.34. The third-order valence-electron chi connectivity index (χ3n) is 12.4. The van der Waals surface area contributed by atoms with Crippen LogP contribution in [-0.2, 0) is 39.0 Å². The van der Waals surface area contributed by atoms with E-state index >= 15 is 0 Å². The lowest BCUT2D eigenvalue weighted by atomic mass is 9.86. The highest BCUT2D eigenvalue weighted by atomic mass is 79.9. The lowest BCUT2D eigenvalue weighted by Crippen LogP contribution is -2.54. The van der Waals surface area contributed by atoms with Gasteiger partial charge in [0.15, 0.2) is 0 Å². The molecule has 4 heterocycles. The Morgan fingerprint density at radius 3 is 1.48 bits per heavy atom. The standard InChI is InChI=1S/C25H36N4O5S2.C21H28BrN3O4S2.C4H9NO/c1-5-27-36(31,32)22-12-19(29-25(4)14-33-15-25)10-11-20(22)21-13-26-23(35-21)17-6-8-18(9-7-17)28-24(30)34-16(2)3;1-4-24-31(27,28)19-11-15(22)7-10-17(19)18-12-23-20(30-18)14-5-8-16(9-6-14)25-21(26)29-13(2)3;1-4(5)2-6-3-4/h10-13,16-18,27,29H,5-9,14-15H2,1-4H3,(H,28,30);7,10-14,16,24H,4-6,8-9H2,1-3H3,(H,25,26);2-3,5H2,1H3. The molecule has 2 aromatic carbocycles. The topological polar surface area (TPSA) is 251 Å². The largest absolute Gasteiger partial charge is 0.447 e. The first kappa shape index (κ1) is 58.5. The molecule has 2 saturated heterocycles. The molecular formula is C50H73BrN8O10S4. The van der Waals surface area contributed by atoms with Crippen molar-refractivity contribution in [3.05, 3.63) is 63.3 Å². The molecule has 8 rings (SSSR count). The van der Waals surface area contributed by atoms with E-state index in [9.17, 15) is 26.4 Å². The Labute approximate surface area is 447 Å². The maximum absolute atomic E-state index is 13.1. The number of sulfonamides is 2. The van der Waals surface area contributed by atoms with E-state index < -0.39 is 20.0 Å². The minimum atomic E-state index is -3.69. The first-order chi connectivity index (χ1) is 34.5. The number of carbonyl (C=O) groups excluding carboxylic acids is 2. The SMILES string of the molecule is CC1(N)COC1.CCNS(=O)(=O)c1cc(Br)ccc1-c1cnc(C2CCC(NC(=O)OC(C)C)CC2)s1.CCNS(=O)(=O)c1cc(NC2(C)COC2)ccc1-c1cnc(C2CCC(NC(=O)OC(C)C)CC2)s1. The van der Waals surface area contributed by atoms with Gasteiger partial charge in [0, 0.05) is 70.7 Å². The van der Waals surface area contributed by atoms with E-state index in [1.54, 1.807) is 49.7 Å². The minimum Gasteiger partial charge on any atom is -0.447 e. The quantitative estimate of drug-likeness (QED) is 0.0612. The first-order valence-corrected chi connectivity index (χ1v) is 30.4. The number of nitrogens with two attached hydrogens (primary N) is 1. The second kappa shape index (κ2) is 25.8. The zero-order valence-corrected chi connectivity index (χ0v) is 47.9. The van der Waals surface area contributed by atoms with Gasteiger partial charge in [-0.3, -0.25) is 0 Å². The number of anilines is 1. The van der Waals surface area contributed by atoms with Crippen LogP contribution in [-0.4, -0.2) is 114 Å². The zero-order valence-electron chi connectivity index (χ0n) is 43.0. The molecule has 0 atom stereocenters. The van der Waals surface area contributed by atoms with E-state index in [0.29, 0.717) is 47.8 Å². The molecule has 404 valence electrons. The number of nitrogens with one attached hydrogen (secondary N) is 5. The van der Waals surface area contributed by atoms with Crippen molar-refractivity contribution in [3.63, 3.8) is 0 Å². The smallest absolute Gasteiger partial charge is 0.407 e. The average molecular weight is 1150 g/mol. The molecule has 2 aliphatic heterocycles. The molecule has 2 aliphatic carbocycles. The summed E-state index contributed by atoms with van der Waals surface area (Å²) in [6.45, 7) is 18.1. The van der Waals surface area contributed by atoms with E-state index in [1.165, 1.54) is 11.3 Å². The number of aromatic nitrogens is 2. The lowest BCUT2D eigenvalue weighted by Gasteiger charge is -2.39. The molecule has 4 fully saturated rings. The van der Waals surface area contributed by atoms with Crippen LogP contribution in [0.4, 0.5) is 15.3 Å². The summed E-state index contributed by atoms with van der Waals surface area (Å²) in [4.78, 5) is 35.2. The maximum Gasteiger partial charge on any atom is 0.407 e. The van der Waals surface area contributed by atoms with Gasteiger partial charge in [0.2, 0.25) is 20.0 Å². The molecule has 2 amide bonds. The summed E-state index contributed by atoms with van der Waals surface area (Å²) >= 11 is 6.46. The van der Waals surface area contributed by atoms with E-state index in [1.807, 2.05) is 58.9 Å². The minimum absolute atomic E-state index is 0. The van der Waals surface area contributed by atoms with Crippen LogP contribution in [0, 0.1) is 0 Å². The van der Waals surface area contributed by atoms with E-state index in [2.05, 4.69) is 58.2 Å². The molecule has 7 N–H and O–H groups in total. The molecule has 0 bridgehead atoms. The van der Waals surface area contributed by atoms with Gasteiger partial charge in [-0.25, -0.2) is 45.8 Å². The number of nitrogens with zero attached hydrogens (tertiary/aromatic N) is 2. The fraction of sp³-hybridized carbons (Fsp3) is 0.600. The Kier molecular flexibility index (Phi) is 20.7. The highest BCUT2D eigenvalue weighted by Crippen LogP contribution is 2.42. The van der Waals surface area contributed by atoms with E-state index in [-0.39, 0.29) is 63.3 Å². The third kappa shape index (κ3) is 16.9. The van der Waals surface area contributed by atoms with Gasteiger partial charge < -0.3 is 40.6 Å². The Balaban J connectivity index is 0.000000215. The van der Waals surface area contributed by atoms with Crippen LogP contribution in [0.1, 0.15) is 129 Å². The van der Waals surface area contributed by atoms with Crippen molar-refractivity contribution < 1.29 is 45.4 Å². The van der Waals surface area contributed by atoms with Crippen molar-refractivity contribution in [2.24, 2.45) is 5.73 Å². The van der Waals surface area contributed by atoms with Crippen LogP contribution < -0.4 is 31.1 Å². The Morgan fingerprint density at radius 1 is 0.699 bits per heavy atom. The molecule has 2 aromatic heterocycles. The number of ether oxygens (including phenoxy) is 4. The van der Waals surface area contributed by atoms with Gasteiger partial charge in [0.1, 0.15) is 0 Å². The molecule has 0 radical (unpaired) electrons. The van der Waals surface area contributed by atoms with Gasteiger partial charge in [0.25, 0.3) is 0 Å². The molecule has 2 saturated carbocycles. The molecule has 4 aromatic rings. The summed E-state index contributed by atoms with van der Waals surface area (Å²) in [7, 11) is -7.30. The van der Waals surface area contributed by atoms with Gasteiger partial charge in [-0.05, 0) is 117 Å². The van der Waals surface area contributed by atoms with Crippen LogP contribution in [0.25, 0.3) is 20.9 Å². The Morgan fingerprint density at radius 2 is 1.11 bits per heavy atom. The van der Waals surface area contributed by atoms with Crippen molar-refractivity contribution >= 4 is 76.5 Å². The normalized spacial score (nSPS) is 21.3. The maximum atomic E-state index is 13.1. The predicted octanol–water partition coefficient (Wildman–Crippen LogP) is 9.24. The molecule has 23 heteroatoms. The third-order valence-corrected chi connectivity index (χ3v) is 18.4. The van der Waals surface area contributed by atoms with Crippen LogP contribution in [0.2, 0.25) is 0 Å². The van der Waals surface area contributed by atoms with Crippen LogP contribution in [0.3, 0.4) is 0 Å². The van der Waals surface area contributed by atoms with E-state index in [4.69, 9.17) is 24.7 Å². The van der Waals surface area contributed by atoms with Crippen LogP contribution >= 0.6 is 38.6 Å². The van der Waals surface area contributed by atoms with Gasteiger partial charge in [-0.2, -0.15) is 0 Å². The molecular weight excluding hydrogens is 1080 g/mol.